The quantitative estimate of drug-likeness (QED) is 0.664. The van der Waals surface area contributed by atoms with Gasteiger partial charge >= 0.3 is 0 Å². The summed E-state index contributed by atoms with van der Waals surface area (Å²) in [6, 6.07) is 15.8. The monoisotopic (exact) mass is 378 g/mol. The smallest absolute Gasteiger partial charge is 0.162 e. The Labute approximate surface area is 163 Å². The minimum absolute atomic E-state index is 0.0954. The van der Waals surface area contributed by atoms with Crippen molar-refractivity contribution in [2.45, 2.75) is 31.7 Å². The molecular weight excluding hydrogens is 355 g/mol. The van der Waals surface area contributed by atoms with Crippen LogP contribution in [0.5, 0.6) is 0 Å². The maximum atomic E-state index is 13.2. The lowest BCUT2D eigenvalue weighted by Gasteiger charge is -2.19. The number of Topliss-reactive ketones (excluding diaryl/α,β-unsaturated/α-hetero) is 1. The van der Waals surface area contributed by atoms with Gasteiger partial charge in [-0.2, -0.15) is 0 Å². The summed E-state index contributed by atoms with van der Waals surface area (Å²) in [5, 5.41) is 11.8. The first-order chi connectivity index (χ1) is 13.7. The van der Waals surface area contributed by atoms with Crippen LogP contribution in [-0.2, 0) is 4.79 Å². The van der Waals surface area contributed by atoms with Gasteiger partial charge in [-0.1, -0.05) is 48.4 Å². The number of nitrogens with zero attached hydrogens (tertiary/aromatic N) is 3. The summed E-state index contributed by atoms with van der Waals surface area (Å²) < 4.78 is 14.8. The molecule has 0 amide bonds. The van der Waals surface area contributed by atoms with Gasteiger partial charge in [-0.25, -0.2) is 9.07 Å². The number of nitrogens with one attached hydrogen (secondary N) is 1. The molecule has 1 aliphatic carbocycles. The van der Waals surface area contributed by atoms with Crippen LogP contribution in [-0.4, -0.2) is 27.3 Å². The molecule has 0 spiro atoms. The van der Waals surface area contributed by atoms with Crippen molar-refractivity contribution in [3.63, 3.8) is 0 Å². The topological polar surface area (TPSA) is 59.8 Å². The van der Waals surface area contributed by atoms with Gasteiger partial charge in [0, 0.05) is 23.7 Å². The normalized spacial score (nSPS) is 20.0. The van der Waals surface area contributed by atoms with Crippen molar-refractivity contribution in [2.24, 2.45) is 5.92 Å². The number of hydrogen-bond acceptors (Lipinski definition) is 4. The van der Waals surface area contributed by atoms with E-state index in [1.165, 1.54) is 12.1 Å². The van der Waals surface area contributed by atoms with E-state index in [-0.39, 0.29) is 23.6 Å². The Morgan fingerprint density at radius 3 is 2.57 bits per heavy atom. The van der Waals surface area contributed by atoms with Crippen molar-refractivity contribution in [3.8, 4) is 11.3 Å². The van der Waals surface area contributed by atoms with Gasteiger partial charge in [-0.05, 0) is 37.1 Å². The van der Waals surface area contributed by atoms with Crippen molar-refractivity contribution in [1.29, 1.82) is 0 Å². The molecule has 0 aliphatic heterocycles. The third-order valence-corrected chi connectivity index (χ3v) is 5.31. The Hall–Kier alpha value is -3.02. The van der Waals surface area contributed by atoms with E-state index >= 15 is 0 Å². The zero-order valence-corrected chi connectivity index (χ0v) is 15.6. The summed E-state index contributed by atoms with van der Waals surface area (Å²) in [4.78, 5) is 13.2. The van der Waals surface area contributed by atoms with Crippen molar-refractivity contribution >= 4 is 11.5 Å². The third-order valence-electron chi connectivity index (χ3n) is 5.31. The molecule has 0 radical (unpaired) electrons. The summed E-state index contributed by atoms with van der Waals surface area (Å²) in [6.07, 6.45) is 5.50. The number of halogens is 1. The van der Waals surface area contributed by atoms with Crippen LogP contribution in [0.1, 0.15) is 31.7 Å². The second-order valence-electron chi connectivity index (χ2n) is 7.24. The minimum atomic E-state index is -0.285. The molecule has 1 aromatic heterocycles. The highest BCUT2D eigenvalue weighted by Gasteiger charge is 2.31. The average Bonchev–Trinajstić information content (AvgIpc) is 3.14. The molecule has 1 heterocycles. The molecule has 1 fully saturated rings. The van der Waals surface area contributed by atoms with E-state index in [1.54, 1.807) is 16.8 Å². The number of anilines is 1. The van der Waals surface area contributed by atoms with E-state index in [2.05, 4.69) is 15.6 Å². The van der Waals surface area contributed by atoms with Crippen molar-refractivity contribution in [1.82, 2.24) is 15.0 Å². The van der Waals surface area contributed by atoms with Crippen molar-refractivity contribution in [2.75, 3.05) is 11.9 Å². The lowest BCUT2D eigenvalue weighted by Crippen LogP contribution is -2.29. The van der Waals surface area contributed by atoms with Gasteiger partial charge in [0.1, 0.15) is 17.6 Å². The van der Waals surface area contributed by atoms with E-state index in [4.69, 9.17) is 0 Å². The van der Waals surface area contributed by atoms with Crippen molar-refractivity contribution < 1.29 is 9.18 Å². The number of aromatic nitrogens is 3. The van der Waals surface area contributed by atoms with Gasteiger partial charge < -0.3 is 5.32 Å². The molecule has 3 aromatic rings. The number of rotatable bonds is 5. The molecule has 1 aliphatic rings. The fourth-order valence-electron chi connectivity index (χ4n) is 3.73. The summed E-state index contributed by atoms with van der Waals surface area (Å²) in [6.45, 7) is 0.543. The van der Waals surface area contributed by atoms with Crippen LogP contribution in [0.4, 0.5) is 10.1 Å². The number of ketones is 1. The number of carbonyl (C=O) groups is 1. The van der Waals surface area contributed by atoms with Crippen LogP contribution in [0.2, 0.25) is 0 Å². The van der Waals surface area contributed by atoms with Crippen LogP contribution < -0.4 is 5.32 Å². The molecule has 6 heteroatoms. The van der Waals surface area contributed by atoms with E-state index < -0.39 is 0 Å². The highest BCUT2D eigenvalue weighted by molar-refractivity contribution is 5.85. The molecule has 2 aromatic carbocycles. The Morgan fingerprint density at radius 1 is 1.04 bits per heavy atom. The molecule has 5 nitrogen and oxygen atoms in total. The molecule has 1 N–H and O–H groups in total. The van der Waals surface area contributed by atoms with Gasteiger partial charge in [0.15, 0.2) is 5.78 Å². The highest BCUT2D eigenvalue weighted by Crippen LogP contribution is 2.29. The van der Waals surface area contributed by atoms with E-state index in [0.717, 1.165) is 42.6 Å². The maximum absolute atomic E-state index is 13.2. The summed E-state index contributed by atoms with van der Waals surface area (Å²) in [5.74, 6) is -0.171. The molecule has 1 unspecified atom stereocenters. The van der Waals surface area contributed by atoms with E-state index in [1.807, 2.05) is 36.5 Å². The summed E-state index contributed by atoms with van der Waals surface area (Å²) in [5.41, 5.74) is 2.59. The Balaban J connectivity index is 1.47. The first-order valence-electron chi connectivity index (χ1n) is 9.71. The predicted molar refractivity (Wildman–Crippen MR) is 106 cm³/mol. The highest BCUT2D eigenvalue weighted by atomic mass is 19.1. The molecule has 4 rings (SSSR count). The molecule has 0 saturated heterocycles. The largest absolute Gasteiger partial charge is 0.384 e. The zero-order valence-electron chi connectivity index (χ0n) is 15.6. The molecule has 2 atom stereocenters. The number of hydrogen-bond donors (Lipinski definition) is 1. The third kappa shape index (κ3) is 4.11. The van der Waals surface area contributed by atoms with Gasteiger partial charge in [-0.3, -0.25) is 4.79 Å². The average molecular weight is 378 g/mol. The zero-order chi connectivity index (χ0) is 19.3. The lowest BCUT2D eigenvalue weighted by atomic mass is 9.96. The fraction of sp³-hybridized carbons (Fsp3) is 0.318. The number of carbonyl (C=O) groups excluding carboxylic acids is 1. The second-order valence-corrected chi connectivity index (χ2v) is 7.24. The predicted octanol–water partition coefficient (Wildman–Crippen LogP) is 4.50. The van der Waals surface area contributed by atoms with Gasteiger partial charge in [-0.15, -0.1) is 5.10 Å². The SMILES string of the molecule is O=C1C(n2cc(-c3ccccc3)nn2)CCCC[C@H]1CNc1ccc(F)cc1. The van der Waals surface area contributed by atoms with Crippen LogP contribution in [0.15, 0.2) is 60.8 Å². The Bertz CT molecular complexity index is 923. The summed E-state index contributed by atoms with van der Waals surface area (Å²) >= 11 is 0. The maximum Gasteiger partial charge on any atom is 0.162 e. The minimum Gasteiger partial charge on any atom is -0.384 e. The van der Waals surface area contributed by atoms with Crippen LogP contribution >= 0.6 is 0 Å². The van der Waals surface area contributed by atoms with Gasteiger partial charge in [0.05, 0.1) is 6.20 Å². The standard InChI is InChI=1S/C22H23FN4O/c23-18-10-12-19(13-11-18)24-14-17-8-4-5-9-21(22(17)28)27-15-20(25-26-27)16-6-2-1-3-7-16/h1-3,6-7,10-13,15,17,21,24H,4-5,8-9,14H2/t17-,21?/m0/s1. The van der Waals surface area contributed by atoms with Gasteiger partial charge in [0.25, 0.3) is 0 Å². The first kappa shape index (κ1) is 18.3. The molecule has 28 heavy (non-hydrogen) atoms. The summed E-state index contributed by atoms with van der Waals surface area (Å²) in [7, 11) is 0. The molecule has 1 saturated carbocycles. The Kier molecular flexibility index (Phi) is 5.46. The molecule has 0 bridgehead atoms. The van der Waals surface area contributed by atoms with E-state index in [9.17, 15) is 9.18 Å². The second kappa shape index (κ2) is 8.33. The fourth-order valence-corrected chi connectivity index (χ4v) is 3.73. The lowest BCUT2D eigenvalue weighted by molar-refractivity contribution is -0.125. The van der Waals surface area contributed by atoms with E-state index in [0.29, 0.717) is 6.54 Å². The number of benzene rings is 2. The van der Waals surface area contributed by atoms with Crippen LogP contribution in [0.25, 0.3) is 11.3 Å². The van der Waals surface area contributed by atoms with Crippen LogP contribution in [0, 0.1) is 11.7 Å². The van der Waals surface area contributed by atoms with Crippen molar-refractivity contribution in [3.05, 3.63) is 66.6 Å². The molecule has 144 valence electrons. The van der Waals surface area contributed by atoms with Gasteiger partial charge in [0.2, 0.25) is 0 Å². The molecular formula is C22H23FN4O. The Morgan fingerprint density at radius 2 is 1.79 bits per heavy atom. The van der Waals surface area contributed by atoms with Crippen LogP contribution in [0.3, 0.4) is 0 Å². The first-order valence-corrected chi connectivity index (χ1v) is 9.71.